The third-order valence-corrected chi connectivity index (χ3v) is 4.55. The summed E-state index contributed by atoms with van der Waals surface area (Å²) in [7, 11) is 1.48. The van der Waals surface area contributed by atoms with E-state index in [0.29, 0.717) is 27.6 Å². The van der Waals surface area contributed by atoms with E-state index in [2.05, 4.69) is 4.98 Å². The van der Waals surface area contributed by atoms with Gasteiger partial charge in [0.15, 0.2) is 0 Å². The molecular weight excluding hydrogens is 355 g/mol. The van der Waals surface area contributed by atoms with Gasteiger partial charge in [-0.2, -0.15) is 0 Å². The number of methoxy groups -OCH3 is 1. The molecule has 0 spiro atoms. The monoisotopic (exact) mass is 370 g/mol. The van der Waals surface area contributed by atoms with E-state index in [-0.39, 0.29) is 11.3 Å². The van der Waals surface area contributed by atoms with Crippen molar-refractivity contribution in [2.24, 2.45) is 5.73 Å². The van der Waals surface area contributed by atoms with Crippen molar-refractivity contribution >= 4 is 28.9 Å². The Morgan fingerprint density at radius 3 is 2.77 bits per heavy atom. The molecular formula is C19H15FN2O3S. The van der Waals surface area contributed by atoms with Gasteiger partial charge in [0.25, 0.3) is 5.91 Å². The molecule has 5 nitrogen and oxygen atoms in total. The Hall–Kier alpha value is -3.19. The maximum atomic E-state index is 13.6. The minimum atomic E-state index is -0.680. The van der Waals surface area contributed by atoms with Gasteiger partial charge in [0, 0.05) is 16.5 Å². The van der Waals surface area contributed by atoms with Crippen molar-refractivity contribution in [3.8, 4) is 22.8 Å². The predicted octanol–water partition coefficient (Wildman–Crippen LogP) is 3.69. The fraction of sp³-hybridized carbons (Fsp3) is 0.0526. The molecule has 0 aliphatic carbocycles. The zero-order valence-corrected chi connectivity index (χ0v) is 14.6. The molecule has 26 heavy (non-hydrogen) atoms. The second-order valence-corrected chi connectivity index (χ2v) is 6.22. The van der Waals surface area contributed by atoms with E-state index in [9.17, 15) is 14.3 Å². The first kappa shape index (κ1) is 17.6. The van der Waals surface area contributed by atoms with Gasteiger partial charge in [-0.3, -0.25) is 4.79 Å². The number of para-hydroxylation sites is 1. The number of carbonyl (C=O) groups is 1. The molecule has 3 rings (SSSR count). The third kappa shape index (κ3) is 3.57. The van der Waals surface area contributed by atoms with Crippen LogP contribution in [0.2, 0.25) is 0 Å². The van der Waals surface area contributed by atoms with E-state index < -0.39 is 11.7 Å². The van der Waals surface area contributed by atoms with Crippen molar-refractivity contribution < 1.29 is 19.0 Å². The van der Waals surface area contributed by atoms with Gasteiger partial charge in [-0.1, -0.05) is 18.2 Å². The Balaban J connectivity index is 2.06. The van der Waals surface area contributed by atoms with Crippen molar-refractivity contribution in [2.75, 3.05) is 7.11 Å². The van der Waals surface area contributed by atoms with E-state index in [1.165, 1.54) is 48.8 Å². The molecule has 1 amide bonds. The molecule has 3 aromatic rings. The smallest absolute Gasteiger partial charge is 0.251 e. The van der Waals surface area contributed by atoms with Gasteiger partial charge in [-0.05, 0) is 30.3 Å². The molecule has 0 saturated carbocycles. The van der Waals surface area contributed by atoms with Crippen LogP contribution in [0.3, 0.4) is 0 Å². The first-order valence-electron chi connectivity index (χ1n) is 7.59. The molecule has 0 atom stereocenters. The number of phenolic OH excluding ortho intramolecular Hbond substituents is 1. The summed E-state index contributed by atoms with van der Waals surface area (Å²) in [5, 5.41) is 12.0. The lowest BCUT2D eigenvalue weighted by molar-refractivity contribution is -0.112. The van der Waals surface area contributed by atoms with Crippen molar-refractivity contribution in [1.82, 2.24) is 4.98 Å². The molecule has 7 heteroatoms. The minimum Gasteiger partial charge on any atom is -0.507 e. The van der Waals surface area contributed by atoms with Crippen LogP contribution in [0.5, 0.6) is 11.5 Å². The summed E-state index contributed by atoms with van der Waals surface area (Å²) in [5.74, 6) is -0.612. The molecule has 0 unspecified atom stereocenters. The Labute approximate surface area is 153 Å². The number of amides is 1. The maximum absolute atomic E-state index is 13.6. The summed E-state index contributed by atoms with van der Waals surface area (Å²) >= 11 is 1.19. The van der Waals surface area contributed by atoms with Crippen LogP contribution in [-0.2, 0) is 4.79 Å². The molecule has 0 aliphatic rings. The molecule has 1 aromatic heterocycles. The molecule has 3 N–H and O–H groups in total. The van der Waals surface area contributed by atoms with Gasteiger partial charge in [0.2, 0.25) is 0 Å². The van der Waals surface area contributed by atoms with Gasteiger partial charge < -0.3 is 15.6 Å². The lowest BCUT2D eigenvalue weighted by atomic mass is 10.1. The largest absolute Gasteiger partial charge is 0.507 e. The summed E-state index contributed by atoms with van der Waals surface area (Å²) in [6.07, 6.45) is 1.48. The first-order chi connectivity index (χ1) is 12.5. The number of ether oxygens (including phenoxy) is 1. The Morgan fingerprint density at radius 2 is 2.08 bits per heavy atom. The number of phenols is 1. The summed E-state index contributed by atoms with van der Waals surface area (Å²) in [4.78, 5) is 16.3. The van der Waals surface area contributed by atoms with Crippen molar-refractivity contribution in [3.05, 3.63) is 64.2 Å². The lowest BCUT2D eigenvalue weighted by Crippen LogP contribution is -2.12. The fourth-order valence-corrected chi connectivity index (χ4v) is 3.25. The summed E-state index contributed by atoms with van der Waals surface area (Å²) < 4.78 is 18.8. The number of aromatic hydroxyl groups is 1. The standard InChI is InChI=1S/C19H15FN2O3S/c1-25-17-7-6-12(20)9-13(17)15-10-26-19(22-15)14(18(21)24)8-11-4-2-3-5-16(11)23/h2-10,23H,1H3,(H2,21,24)/b14-8+. The van der Waals surface area contributed by atoms with Crippen LogP contribution in [0.4, 0.5) is 4.39 Å². The average molecular weight is 370 g/mol. The average Bonchev–Trinajstić information content (AvgIpc) is 3.10. The Kier molecular flexibility index (Phi) is 4.99. The number of halogens is 1. The third-order valence-electron chi connectivity index (χ3n) is 3.67. The predicted molar refractivity (Wildman–Crippen MR) is 99.2 cm³/mol. The Bertz CT molecular complexity index is 998. The molecule has 0 aliphatic heterocycles. The van der Waals surface area contributed by atoms with Crippen LogP contribution in [0.15, 0.2) is 47.8 Å². The summed E-state index contributed by atoms with van der Waals surface area (Å²) in [6, 6.07) is 10.7. The van der Waals surface area contributed by atoms with Gasteiger partial charge >= 0.3 is 0 Å². The van der Waals surface area contributed by atoms with E-state index >= 15 is 0 Å². The number of nitrogens with two attached hydrogens (primary N) is 1. The van der Waals surface area contributed by atoms with E-state index in [1.807, 2.05) is 0 Å². The molecule has 0 bridgehead atoms. The summed E-state index contributed by atoms with van der Waals surface area (Å²) in [5.41, 5.74) is 7.02. The van der Waals surface area contributed by atoms with Crippen LogP contribution >= 0.6 is 11.3 Å². The summed E-state index contributed by atoms with van der Waals surface area (Å²) in [6.45, 7) is 0. The molecule has 0 saturated heterocycles. The number of hydrogen-bond donors (Lipinski definition) is 2. The second-order valence-electron chi connectivity index (χ2n) is 5.36. The topological polar surface area (TPSA) is 85.4 Å². The lowest BCUT2D eigenvalue weighted by Gasteiger charge is -2.06. The van der Waals surface area contributed by atoms with E-state index in [4.69, 9.17) is 10.5 Å². The molecule has 2 aromatic carbocycles. The van der Waals surface area contributed by atoms with Gasteiger partial charge in [-0.15, -0.1) is 11.3 Å². The number of rotatable bonds is 5. The molecule has 0 fully saturated rings. The normalized spacial score (nSPS) is 11.4. The molecule has 0 radical (unpaired) electrons. The number of thiazole rings is 1. The number of hydrogen-bond acceptors (Lipinski definition) is 5. The number of aromatic nitrogens is 1. The quantitative estimate of drug-likeness (QED) is 0.671. The van der Waals surface area contributed by atoms with E-state index in [1.54, 1.807) is 23.6 Å². The maximum Gasteiger partial charge on any atom is 0.251 e. The van der Waals surface area contributed by atoms with Crippen LogP contribution in [-0.4, -0.2) is 23.1 Å². The van der Waals surface area contributed by atoms with E-state index in [0.717, 1.165) is 0 Å². The highest BCUT2D eigenvalue weighted by Gasteiger charge is 2.17. The van der Waals surface area contributed by atoms with Crippen molar-refractivity contribution in [2.45, 2.75) is 0 Å². The fourth-order valence-electron chi connectivity index (χ4n) is 2.40. The van der Waals surface area contributed by atoms with Crippen LogP contribution < -0.4 is 10.5 Å². The molecule has 132 valence electrons. The number of benzene rings is 2. The number of primary amides is 1. The van der Waals surface area contributed by atoms with Crippen LogP contribution in [0.25, 0.3) is 22.9 Å². The minimum absolute atomic E-state index is 0.0230. The number of nitrogens with zero attached hydrogens (tertiary/aromatic N) is 1. The van der Waals surface area contributed by atoms with Crippen LogP contribution in [0, 0.1) is 5.82 Å². The van der Waals surface area contributed by atoms with Crippen molar-refractivity contribution in [3.63, 3.8) is 0 Å². The highest BCUT2D eigenvalue weighted by molar-refractivity contribution is 7.11. The molecule has 1 heterocycles. The Morgan fingerprint density at radius 1 is 1.31 bits per heavy atom. The first-order valence-corrected chi connectivity index (χ1v) is 8.47. The zero-order valence-electron chi connectivity index (χ0n) is 13.8. The number of carbonyl (C=O) groups excluding carboxylic acids is 1. The van der Waals surface area contributed by atoms with Gasteiger partial charge in [0.05, 0.1) is 18.4 Å². The van der Waals surface area contributed by atoms with Crippen molar-refractivity contribution in [1.29, 1.82) is 0 Å². The highest BCUT2D eigenvalue weighted by Crippen LogP contribution is 2.34. The van der Waals surface area contributed by atoms with Gasteiger partial charge in [-0.25, -0.2) is 9.37 Å². The SMILES string of the molecule is COc1ccc(F)cc1-c1csc(/C(=C/c2ccccc2O)C(N)=O)n1. The zero-order chi connectivity index (χ0) is 18.7. The highest BCUT2D eigenvalue weighted by atomic mass is 32.1. The van der Waals surface area contributed by atoms with Crippen LogP contribution in [0.1, 0.15) is 10.6 Å². The second kappa shape index (κ2) is 7.37. The van der Waals surface area contributed by atoms with Gasteiger partial charge in [0.1, 0.15) is 22.3 Å².